The number of nitrogens with two attached hydrogens (primary N) is 1. The topological polar surface area (TPSA) is 172 Å². The molecule has 0 spiro atoms. The van der Waals surface area contributed by atoms with E-state index in [9.17, 15) is 23.8 Å². The Kier molecular flexibility index (Phi) is 45.5. The maximum absolute atomic E-state index is 12.7. The van der Waals surface area contributed by atoms with Crippen molar-refractivity contribution in [2.24, 2.45) is 5.73 Å². The second-order valence-electron chi connectivity index (χ2n) is 17.7. The van der Waals surface area contributed by atoms with Crippen LogP contribution in [0.2, 0.25) is 0 Å². The average molecular weight is 926 g/mol. The Morgan fingerprint density at radius 1 is 0.484 bits per heavy atom. The van der Waals surface area contributed by atoms with E-state index < -0.39 is 51.1 Å². The summed E-state index contributed by atoms with van der Waals surface area (Å²) in [5.41, 5.74) is 5.35. The Morgan fingerprint density at radius 3 is 1.27 bits per heavy atom. The number of esters is 2. The molecule has 0 radical (unpaired) electrons. The molecule has 3 unspecified atom stereocenters. The molecule has 0 rings (SSSR count). The highest BCUT2D eigenvalue weighted by atomic mass is 31.2. The van der Waals surface area contributed by atoms with E-state index in [0.717, 1.165) is 57.8 Å². The number of carbonyl (C=O) groups excluding carboxylic acids is 2. The molecule has 11 nitrogen and oxygen atoms in total. The quantitative estimate of drug-likeness (QED) is 0.0229. The van der Waals surface area contributed by atoms with Crippen molar-refractivity contribution in [3.63, 3.8) is 0 Å². The number of phosphoric ester groups is 1. The third-order valence-electron chi connectivity index (χ3n) is 11.4. The molecular formula is C52H96NO10P. The molecule has 0 saturated carbocycles. The molecule has 0 aliphatic carbocycles. The molecular weight excluding hydrogens is 830 g/mol. The zero-order chi connectivity index (χ0) is 47.0. The number of hydrogen-bond donors (Lipinski definition) is 3. The van der Waals surface area contributed by atoms with Gasteiger partial charge in [0.15, 0.2) is 6.10 Å². The number of carboxylic acid groups (broad SMARTS) is 1. The molecule has 0 fully saturated rings. The van der Waals surface area contributed by atoms with Crippen molar-refractivity contribution < 1.29 is 47.5 Å². The Balaban J connectivity index is 4.21. The molecule has 0 aliphatic rings. The van der Waals surface area contributed by atoms with Crippen LogP contribution in [0.4, 0.5) is 0 Å². The largest absolute Gasteiger partial charge is 0.480 e. The first-order chi connectivity index (χ1) is 31.1. The van der Waals surface area contributed by atoms with Crippen LogP contribution in [0.15, 0.2) is 36.5 Å². The van der Waals surface area contributed by atoms with Gasteiger partial charge >= 0.3 is 25.7 Å². The number of allylic oxidation sites excluding steroid dienone is 6. The molecule has 0 saturated heterocycles. The molecule has 0 aromatic rings. The molecule has 0 aliphatic heterocycles. The van der Waals surface area contributed by atoms with E-state index in [1.807, 2.05) is 0 Å². The van der Waals surface area contributed by atoms with Crippen molar-refractivity contribution >= 4 is 25.7 Å². The minimum absolute atomic E-state index is 0.153. The van der Waals surface area contributed by atoms with Crippen molar-refractivity contribution in [3.05, 3.63) is 36.5 Å². The Bertz CT molecular complexity index is 1220. The Morgan fingerprint density at radius 2 is 0.828 bits per heavy atom. The van der Waals surface area contributed by atoms with Crippen LogP contribution in [0.1, 0.15) is 245 Å². The fraction of sp³-hybridized carbons (Fsp3) is 0.827. The molecule has 3 atom stereocenters. The normalized spacial score (nSPS) is 13.8. The molecule has 374 valence electrons. The third-order valence-corrected chi connectivity index (χ3v) is 12.3. The highest BCUT2D eigenvalue weighted by Gasteiger charge is 2.28. The van der Waals surface area contributed by atoms with E-state index in [1.54, 1.807) is 0 Å². The van der Waals surface area contributed by atoms with E-state index in [1.165, 1.54) is 148 Å². The van der Waals surface area contributed by atoms with Crippen LogP contribution in [-0.2, 0) is 37.5 Å². The number of hydrogen-bond acceptors (Lipinski definition) is 9. The predicted molar refractivity (Wildman–Crippen MR) is 263 cm³/mol. The number of aliphatic carboxylic acids is 1. The summed E-state index contributed by atoms with van der Waals surface area (Å²) < 4.78 is 32.8. The van der Waals surface area contributed by atoms with Gasteiger partial charge in [0.2, 0.25) is 0 Å². The fourth-order valence-corrected chi connectivity index (χ4v) is 8.05. The van der Waals surface area contributed by atoms with Crippen molar-refractivity contribution in [2.45, 2.75) is 257 Å². The third kappa shape index (κ3) is 46.2. The van der Waals surface area contributed by atoms with Gasteiger partial charge in [0.1, 0.15) is 12.6 Å². The SMILES string of the molecule is CCCCC/C=C\C/C=C\CCCCCCCCCC(=O)OC(COC(=O)CCCCCCCCCCCCC/C=C\CCCCCCCCCC)COP(=O)(O)OCC(N)C(=O)O. The number of rotatable bonds is 49. The number of ether oxygens (including phenoxy) is 2. The molecule has 64 heavy (non-hydrogen) atoms. The smallest absolute Gasteiger partial charge is 0.472 e. The predicted octanol–water partition coefficient (Wildman–Crippen LogP) is 14.7. The Hall–Kier alpha value is -2.30. The van der Waals surface area contributed by atoms with Gasteiger partial charge in [0, 0.05) is 12.8 Å². The number of carbonyl (C=O) groups is 3. The first-order valence-electron chi connectivity index (χ1n) is 26.0. The van der Waals surface area contributed by atoms with Crippen molar-refractivity contribution in [3.8, 4) is 0 Å². The van der Waals surface area contributed by atoms with Crippen LogP contribution < -0.4 is 5.73 Å². The minimum atomic E-state index is -4.72. The van der Waals surface area contributed by atoms with Gasteiger partial charge in [-0.1, -0.05) is 198 Å². The van der Waals surface area contributed by atoms with Crippen LogP contribution in [-0.4, -0.2) is 59.9 Å². The van der Waals surface area contributed by atoms with Gasteiger partial charge in [-0.15, -0.1) is 0 Å². The summed E-state index contributed by atoms with van der Waals surface area (Å²) in [6.45, 7) is 2.81. The van der Waals surface area contributed by atoms with Crippen LogP contribution in [0, 0.1) is 0 Å². The number of phosphoric acid groups is 1. The average Bonchev–Trinajstić information content (AvgIpc) is 3.27. The van der Waals surface area contributed by atoms with Gasteiger partial charge in [-0.25, -0.2) is 4.57 Å². The van der Waals surface area contributed by atoms with Crippen LogP contribution >= 0.6 is 7.82 Å². The number of unbranched alkanes of at least 4 members (excludes halogenated alkanes) is 29. The summed E-state index contributed by atoms with van der Waals surface area (Å²) in [6, 6.07) is -1.52. The molecule has 0 amide bonds. The second kappa shape index (κ2) is 47.2. The Labute approximate surface area is 391 Å². The van der Waals surface area contributed by atoms with Crippen LogP contribution in [0.3, 0.4) is 0 Å². The summed E-state index contributed by atoms with van der Waals surface area (Å²) in [7, 11) is -4.72. The van der Waals surface area contributed by atoms with E-state index in [-0.39, 0.29) is 19.4 Å². The lowest BCUT2D eigenvalue weighted by Crippen LogP contribution is -2.34. The van der Waals surface area contributed by atoms with Gasteiger partial charge in [-0.2, -0.15) is 0 Å². The second-order valence-corrected chi connectivity index (χ2v) is 19.1. The summed E-state index contributed by atoms with van der Waals surface area (Å²) in [5, 5.41) is 8.92. The lowest BCUT2D eigenvalue weighted by atomic mass is 10.0. The zero-order valence-corrected chi connectivity index (χ0v) is 41.8. The first-order valence-corrected chi connectivity index (χ1v) is 27.5. The highest BCUT2D eigenvalue weighted by molar-refractivity contribution is 7.47. The van der Waals surface area contributed by atoms with E-state index in [4.69, 9.17) is 24.8 Å². The standard InChI is InChI=1S/C52H96NO10P/c1-3-5-7-9-11-13-15-17-19-21-22-23-24-25-26-28-29-31-33-35-37-39-41-43-50(54)60-45-48(46-61-64(58,59)62-47-49(53)52(56)57)63-51(55)44-42-40-38-36-34-32-30-27-20-18-16-14-12-10-8-6-4-2/h12,14,18,20-22,48-49H,3-11,13,15-17,19,23-47,53H2,1-2H3,(H,56,57)(H,58,59)/b14-12-,20-18-,22-21-. The highest BCUT2D eigenvalue weighted by Crippen LogP contribution is 2.43. The molecule has 0 bridgehead atoms. The lowest BCUT2D eigenvalue weighted by molar-refractivity contribution is -0.161. The monoisotopic (exact) mass is 926 g/mol. The minimum Gasteiger partial charge on any atom is -0.480 e. The van der Waals surface area contributed by atoms with Crippen molar-refractivity contribution in [1.29, 1.82) is 0 Å². The van der Waals surface area contributed by atoms with Gasteiger partial charge in [-0.3, -0.25) is 23.4 Å². The van der Waals surface area contributed by atoms with Gasteiger partial charge in [0.05, 0.1) is 13.2 Å². The van der Waals surface area contributed by atoms with E-state index in [0.29, 0.717) is 12.8 Å². The van der Waals surface area contributed by atoms with Crippen molar-refractivity contribution in [2.75, 3.05) is 19.8 Å². The summed E-state index contributed by atoms with van der Waals surface area (Å²) in [5.74, 6) is -2.38. The van der Waals surface area contributed by atoms with Crippen LogP contribution in [0.25, 0.3) is 0 Å². The summed E-state index contributed by atoms with van der Waals surface area (Å²) >= 11 is 0. The van der Waals surface area contributed by atoms with Gasteiger partial charge < -0.3 is 25.2 Å². The first kappa shape index (κ1) is 61.7. The van der Waals surface area contributed by atoms with Crippen molar-refractivity contribution in [1.82, 2.24) is 0 Å². The molecule has 0 heterocycles. The lowest BCUT2D eigenvalue weighted by Gasteiger charge is -2.20. The van der Waals surface area contributed by atoms with E-state index in [2.05, 4.69) is 54.8 Å². The van der Waals surface area contributed by atoms with Crippen LogP contribution in [0.5, 0.6) is 0 Å². The van der Waals surface area contributed by atoms with Gasteiger partial charge in [-0.05, 0) is 70.6 Å². The maximum Gasteiger partial charge on any atom is 0.472 e. The molecule has 12 heteroatoms. The maximum atomic E-state index is 12.7. The fourth-order valence-electron chi connectivity index (χ4n) is 7.27. The molecule has 0 aromatic heterocycles. The summed E-state index contributed by atoms with van der Waals surface area (Å²) in [4.78, 5) is 46.2. The van der Waals surface area contributed by atoms with E-state index >= 15 is 0 Å². The zero-order valence-electron chi connectivity index (χ0n) is 40.9. The summed E-state index contributed by atoms with van der Waals surface area (Å²) in [6.07, 6.45) is 53.5. The van der Waals surface area contributed by atoms with Gasteiger partial charge in [0.25, 0.3) is 0 Å². The molecule has 4 N–H and O–H groups in total. The number of carboxylic acids is 1. The molecule has 0 aromatic carbocycles.